The van der Waals surface area contributed by atoms with Gasteiger partial charge in [0.25, 0.3) is 5.91 Å². The number of amides is 2. The van der Waals surface area contributed by atoms with Gasteiger partial charge in [0.05, 0.1) is 12.9 Å². The fraction of sp³-hybridized carbons (Fsp3) is 0.185. The third-order valence-electron chi connectivity index (χ3n) is 5.68. The first-order valence-electron chi connectivity index (χ1n) is 11.1. The Morgan fingerprint density at radius 3 is 2.59 bits per heavy atom. The summed E-state index contributed by atoms with van der Waals surface area (Å²) in [6, 6.07) is 22.5. The SMILES string of the molecule is O=C(COCc1ccccc1)Nc1ccc(-c2cc3c(o2)CCN(C(=O)c2ccco2)C3)cc1. The molecule has 0 saturated carbocycles. The monoisotopic (exact) mass is 456 g/mol. The largest absolute Gasteiger partial charge is 0.461 e. The number of carbonyl (C=O) groups excluding carboxylic acids is 2. The molecule has 0 fully saturated rings. The molecule has 0 aliphatic carbocycles. The minimum absolute atomic E-state index is 0.0191. The van der Waals surface area contributed by atoms with E-state index >= 15 is 0 Å². The number of benzene rings is 2. The van der Waals surface area contributed by atoms with Crippen LogP contribution in [-0.4, -0.2) is 29.9 Å². The Labute approximate surface area is 196 Å². The Balaban J connectivity index is 1.17. The molecule has 7 heteroatoms. The molecule has 172 valence electrons. The first kappa shape index (κ1) is 21.7. The molecule has 34 heavy (non-hydrogen) atoms. The number of rotatable bonds is 7. The van der Waals surface area contributed by atoms with Crippen molar-refractivity contribution in [2.24, 2.45) is 0 Å². The van der Waals surface area contributed by atoms with E-state index in [2.05, 4.69) is 5.32 Å². The van der Waals surface area contributed by atoms with Crippen LogP contribution in [0.5, 0.6) is 0 Å². The quantitative estimate of drug-likeness (QED) is 0.428. The number of ether oxygens (including phenoxy) is 1. The molecule has 0 spiro atoms. The molecule has 5 rings (SSSR count). The van der Waals surface area contributed by atoms with Crippen LogP contribution in [0.15, 0.2) is 87.9 Å². The van der Waals surface area contributed by atoms with E-state index in [0.29, 0.717) is 37.6 Å². The minimum atomic E-state index is -0.210. The van der Waals surface area contributed by atoms with Gasteiger partial charge in [-0.3, -0.25) is 9.59 Å². The van der Waals surface area contributed by atoms with Crippen LogP contribution in [0.25, 0.3) is 11.3 Å². The molecule has 7 nitrogen and oxygen atoms in total. The van der Waals surface area contributed by atoms with E-state index in [1.165, 1.54) is 6.26 Å². The Bertz CT molecular complexity index is 1260. The Morgan fingerprint density at radius 2 is 1.82 bits per heavy atom. The molecule has 1 aliphatic heterocycles. The van der Waals surface area contributed by atoms with Crippen molar-refractivity contribution in [1.82, 2.24) is 4.90 Å². The average molecular weight is 456 g/mol. The van der Waals surface area contributed by atoms with Crippen LogP contribution in [0, 0.1) is 0 Å². The highest BCUT2D eigenvalue weighted by Crippen LogP contribution is 2.30. The first-order valence-corrected chi connectivity index (χ1v) is 11.1. The summed E-state index contributed by atoms with van der Waals surface area (Å²) in [5.74, 6) is 1.65. The zero-order chi connectivity index (χ0) is 23.3. The van der Waals surface area contributed by atoms with Gasteiger partial charge in [0.15, 0.2) is 5.76 Å². The van der Waals surface area contributed by atoms with Crippen LogP contribution in [0.4, 0.5) is 5.69 Å². The lowest BCUT2D eigenvalue weighted by molar-refractivity contribution is -0.121. The van der Waals surface area contributed by atoms with Crippen molar-refractivity contribution in [3.05, 3.63) is 102 Å². The summed E-state index contributed by atoms with van der Waals surface area (Å²) in [6.45, 7) is 1.43. The predicted octanol–water partition coefficient (Wildman–Crippen LogP) is 4.89. The number of anilines is 1. The summed E-state index contributed by atoms with van der Waals surface area (Å²) in [6.07, 6.45) is 2.15. The lowest BCUT2D eigenvalue weighted by Crippen LogP contribution is -2.35. The normalized spacial score (nSPS) is 12.9. The maximum Gasteiger partial charge on any atom is 0.289 e. The second-order valence-corrected chi connectivity index (χ2v) is 8.12. The summed E-state index contributed by atoms with van der Waals surface area (Å²) >= 11 is 0. The fourth-order valence-corrected chi connectivity index (χ4v) is 3.96. The molecule has 1 aliphatic rings. The van der Waals surface area contributed by atoms with E-state index in [0.717, 1.165) is 28.2 Å². The lowest BCUT2D eigenvalue weighted by atomic mass is 10.1. The van der Waals surface area contributed by atoms with Gasteiger partial charge >= 0.3 is 0 Å². The maximum absolute atomic E-state index is 12.6. The number of fused-ring (bicyclic) bond motifs is 1. The van der Waals surface area contributed by atoms with Crippen LogP contribution in [0.3, 0.4) is 0 Å². The van der Waals surface area contributed by atoms with E-state index in [9.17, 15) is 9.59 Å². The molecule has 2 amide bonds. The molecule has 0 unspecified atom stereocenters. The van der Waals surface area contributed by atoms with Gasteiger partial charge < -0.3 is 23.8 Å². The van der Waals surface area contributed by atoms with Crippen LogP contribution in [-0.2, 0) is 29.1 Å². The topological polar surface area (TPSA) is 84.9 Å². The molecule has 2 aromatic carbocycles. The second kappa shape index (κ2) is 9.80. The van der Waals surface area contributed by atoms with Gasteiger partial charge in [-0.25, -0.2) is 0 Å². The van der Waals surface area contributed by atoms with Gasteiger partial charge in [0, 0.05) is 36.3 Å². The molecule has 0 atom stereocenters. The summed E-state index contributed by atoms with van der Waals surface area (Å²) in [5.41, 5.74) is 3.60. The number of nitrogens with zero attached hydrogens (tertiary/aromatic N) is 1. The van der Waals surface area contributed by atoms with E-state index < -0.39 is 0 Å². The standard InChI is InChI=1S/C27H24N2O5/c30-26(18-32-17-19-5-2-1-3-6-19)28-22-10-8-20(9-11-22)25-15-21-16-29(13-12-23(21)34-25)27(31)24-7-4-14-33-24/h1-11,14-15H,12-13,16-18H2,(H,28,30). The van der Waals surface area contributed by atoms with Crippen molar-refractivity contribution in [3.63, 3.8) is 0 Å². The molecule has 4 aromatic rings. The van der Waals surface area contributed by atoms with Gasteiger partial charge in [-0.05, 0) is 48.0 Å². The first-order chi connectivity index (χ1) is 16.7. The molecule has 0 bridgehead atoms. The molecule has 1 N–H and O–H groups in total. The van der Waals surface area contributed by atoms with Gasteiger partial charge in [-0.15, -0.1) is 0 Å². The van der Waals surface area contributed by atoms with Crippen molar-refractivity contribution < 1.29 is 23.2 Å². The number of carbonyl (C=O) groups is 2. The zero-order valence-electron chi connectivity index (χ0n) is 18.5. The lowest BCUT2D eigenvalue weighted by Gasteiger charge is -2.25. The summed E-state index contributed by atoms with van der Waals surface area (Å²) < 4.78 is 16.8. The van der Waals surface area contributed by atoms with Crippen molar-refractivity contribution >= 4 is 17.5 Å². The van der Waals surface area contributed by atoms with Crippen LogP contribution < -0.4 is 5.32 Å². The Morgan fingerprint density at radius 1 is 1.00 bits per heavy atom. The van der Waals surface area contributed by atoms with E-state index in [-0.39, 0.29) is 18.4 Å². The molecule has 3 heterocycles. The van der Waals surface area contributed by atoms with E-state index in [1.807, 2.05) is 60.7 Å². The van der Waals surface area contributed by atoms with Gasteiger partial charge in [0.1, 0.15) is 18.1 Å². The molecular weight excluding hydrogens is 432 g/mol. The highest BCUT2D eigenvalue weighted by molar-refractivity contribution is 5.92. The highest BCUT2D eigenvalue weighted by Gasteiger charge is 2.26. The summed E-state index contributed by atoms with van der Waals surface area (Å²) in [5, 5.41) is 2.84. The predicted molar refractivity (Wildman–Crippen MR) is 126 cm³/mol. The zero-order valence-corrected chi connectivity index (χ0v) is 18.5. The van der Waals surface area contributed by atoms with Crippen molar-refractivity contribution in [1.29, 1.82) is 0 Å². The van der Waals surface area contributed by atoms with E-state index in [1.54, 1.807) is 17.0 Å². The van der Waals surface area contributed by atoms with E-state index in [4.69, 9.17) is 13.6 Å². The Hall–Kier alpha value is -4.10. The van der Waals surface area contributed by atoms with Gasteiger partial charge in [0.2, 0.25) is 5.91 Å². The molecule has 2 aromatic heterocycles. The highest BCUT2D eigenvalue weighted by atomic mass is 16.5. The second-order valence-electron chi connectivity index (χ2n) is 8.12. The van der Waals surface area contributed by atoms with Crippen LogP contribution >= 0.6 is 0 Å². The molecular formula is C27H24N2O5. The van der Waals surface area contributed by atoms with Crippen molar-refractivity contribution in [3.8, 4) is 11.3 Å². The number of furan rings is 2. The number of nitrogens with one attached hydrogen (secondary N) is 1. The van der Waals surface area contributed by atoms with Crippen molar-refractivity contribution in [2.45, 2.75) is 19.6 Å². The Kier molecular flexibility index (Phi) is 6.27. The number of hydrogen-bond donors (Lipinski definition) is 1. The average Bonchev–Trinajstić information content (AvgIpc) is 3.55. The van der Waals surface area contributed by atoms with Gasteiger partial charge in [-0.2, -0.15) is 0 Å². The van der Waals surface area contributed by atoms with Gasteiger partial charge in [-0.1, -0.05) is 30.3 Å². The summed E-state index contributed by atoms with van der Waals surface area (Å²) in [7, 11) is 0. The van der Waals surface area contributed by atoms with Crippen molar-refractivity contribution in [2.75, 3.05) is 18.5 Å². The molecule has 0 radical (unpaired) electrons. The van der Waals surface area contributed by atoms with Crippen LogP contribution in [0.1, 0.15) is 27.4 Å². The molecule has 0 saturated heterocycles. The third-order valence-corrected chi connectivity index (χ3v) is 5.68. The maximum atomic E-state index is 12.6. The van der Waals surface area contributed by atoms with Crippen LogP contribution in [0.2, 0.25) is 0 Å². The minimum Gasteiger partial charge on any atom is -0.461 e. The third kappa shape index (κ3) is 4.94. The smallest absolute Gasteiger partial charge is 0.289 e. The summed E-state index contributed by atoms with van der Waals surface area (Å²) in [4.78, 5) is 26.5. The fourth-order valence-electron chi connectivity index (χ4n) is 3.96. The number of hydrogen-bond acceptors (Lipinski definition) is 5.